The monoisotopic (exact) mass is 284 g/mol. The van der Waals surface area contributed by atoms with E-state index in [1.165, 1.54) is 0 Å². The van der Waals surface area contributed by atoms with Gasteiger partial charge in [-0.15, -0.1) is 0 Å². The van der Waals surface area contributed by atoms with Crippen LogP contribution < -0.4 is 9.46 Å². The highest BCUT2D eigenvalue weighted by molar-refractivity contribution is 7.89. The zero-order valence-corrected chi connectivity index (χ0v) is 12.1. The molecule has 1 aromatic carbocycles. The van der Waals surface area contributed by atoms with Gasteiger partial charge in [-0.3, -0.25) is 0 Å². The van der Waals surface area contributed by atoms with Gasteiger partial charge in [0.2, 0.25) is 10.0 Å². The van der Waals surface area contributed by atoms with E-state index >= 15 is 0 Å². The van der Waals surface area contributed by atoms with E-state index < -0.39 is 10.0 Å². The largest absolute Gasteiger partial charge is 0.494 e. The molecule has 1 N–H and O–H groups in total. The molecule has 0 spiro atoms. The Morgan fingerprint density at radius 1 is 1.37 bits per heavy atom. The molecule has 1 fully saturated rings. The number of nitrogens with one attached hydrogen (secondary N) is 1. The molecule has 0 aliphatic carbocycles. The Labute approximate surface area is 114 Å². The average molecular weight is 284 g/mol. The summed E-state index contributed by atoms with van der Waals surface area (Å²) >= 11 is 0. The average Bonchev–Trinajstić information content (AvgIpc) is 2.75. The van der Waals surface area contributed by atoms with Crippen LogP contribution in [0, 0.1) is 0 Å². The van der Waals surface area contributed by atoms with Gasteiger partial charge in [0.15, 0.2) is 0 Å². The second-order valence-electron chi connectivity index (χ2n) is 4.77. The highest BCUT2D eigenvalue weighted by Crippen LogP contribution is 2.17. The van der Waals surface area contributed by atoms with Crippen LogP contribution in [0.25, 0.3) is 0 Å². The van der Waals surface area contributed by atoms with Crippen LogP contribution >= 0.6 is 0 Å². The number of hydrogen-bond acceptors (Lipinski definition) is 4. The Hall–Kier alpha value is -1.11. The molecular weight excluding hydrogens is 264 g/mol. The SMILES string of the molecule is CCOc1ccc(S(=O)(=O)NC2CCN(C)C2)cc1. The lowest BCUT2D eigenvalue weighted by Crippen LogP contribution is -2.36. The molecule has 1 unspecified atom stereocenters. The number of ether oxygens (including phenoxy) is 1. The maximum Gasteiger partial charge on any atom is 0.240 e. The van der Waals surface area contributed by atoms with E-state index in [4.69, 9.17) is 4.74 Å². The van der Waals surface area contributed by atoms with E-state index in [1.54, 1.807) is 24.3 Å². The third-order valence-corrected chi connectivity index (χ3v) is 4.69. The van der Waals surface area contributed by atoms with Gasteiger partial charge >= 0.3 is 0 Å². The topological polar surface area (TPSA) is 58.6 Å². The maximum atomic E-state index is 12.2. The maximum absolute atomic E-state index is 12.2. The summed E-state index contributed by atoms with van der Waals surface area (Å²) in [5, 5.41) is 0. The summed E-state index contributed by atoms with van der Waals surface area (Å²) in [6.45, 7) is 4.15. The molecule has 1 saturated heterocycles. The molecule has 0 radical (unpaired) electrons. The van der Waals surface area contributed by atoms with Gasteiger partial charge < -0.3 is 9.64 Å². The van der Waals surface area contributed by atoms with E-state index in [9.17, 15) is 8.42 Å². The van der Waals surface area contributed by atoms with Crippen LogP contribution in [0.5, 0.6) is 5.75 Å². The summed E-state index contributed by atoms with van der Waals surface area (Å²) in [5.41, 5.74) is 0. The molecule has 106 valence electrons. The van der Waals surface area contributed by atoms with Crippen LogP contribution in [0.2, 0.25) is 0 Å². The Morgan fingerprint density at radius 3 is 2.58 bits per heavy atom. The first kappa shape index (κ1) is 14.3. The van der Waals surface area contributed by atoms with Crippen LogP contribution in [0.3, 0.4) is 0 Å². The fourth-order valence-electron chi connectivity index (χ4n) is 2.20. The van der Waals surface area contributed by atoms with Crippen molar-refractivity contribution < 1.29 is 13.2 Å². The molecule has 0 aromatic heterocycles. The van der Waals surface area contributed by atoms with Gasteiger partial charge in [0.05, 0.1) is 11.5 Å². The third kappa shape index (κ3) is 3.68. The molecule has 0 bridgehead atoms. The summed E-state index contributed by atoms with van der Waals surface area (Å²) < 4.78 is 32.4. The molecule has 6 heteroatoms. The Kier molecular flexibility index (Phi) is 4.44. The second kappa shape index (κ2) is 5.90. The first-order valence-corrected chi connectivity index (χ1v) is 7.93. The fraction of sp³-hybridized carbons (Fsp3) is 0.538. The van der Waals surface area contributed by atoms with Gasteiger partial charge in [-0.25, -0.2) is 13.1 Å². The zero-order chi connectivity index (χ0) is 13.9. The van der Waals surface area contributed by atoms with Crippen molar-refractivity contribution >= 4 is 10.0 Å². The number of rotatable bonds is 5. The summed E-state index contributed by atoms with van der Waals surface area (Å²) in [4.78, 5) is 2.40. The molecule has 1 aliphatic heterocycles. The molecular formula is C13H20N2O3S. The Bertz CT molecular complexity index is 513. The van der Waals surface area contributed by atoms with Crippen LogP contribution in [0.15, 0.2) is 29.2 Å². The van der Waals surface area contributed by atoms with Crippen molar-refractivity contribution in [2.45, 2.75) is 24.3 Å². The van der Waals surface area contributed by atoms with Gasteiger partial charge in [0, 0.05) is 12.6 Å². The quantitative estimate of drug-likeness (QED) is 0.878. The minimum atomic E-state index is -3.43. The van der Waals surface area contributed by atoms with E-state index in [-0.39, 0.29) is 10.9 Å². The number of likely N-dealkylation sites (N-methyl/N-ethyl adjacent to an activating group) is 1. The lowest BCUT2D eigenvalue weighted by atomic mass is 10.3. The van der Waals surface area contributed by atoms with Crippen molar-refractivity contribution in [3.63, 3.8) is 0 Å². The van der Waals surface area contributed by atoms with Crippen LogP contribution in [-0.4, -0.2) is 46.1 Å². The number of nitrogens with zero attached hydrogens (tertiary/aromatic N) is 1. The van der Waals surface area contributed by atoms with Gasteiger partial charge in [0.1, 0.15) is 5.75 Å². The molecule has 5 nitrogen and oxygen atoms in total. The molecule has 19 heavy (non-hydrogen) atoms. The lowest BCUT2D eigenvalue weighted by Gasteiger charge is -2.13. The summed E-state index contributed by atoms with van der Waals surface area (Å²) in [6.07, 6.45) is 0.854. The smallest absolute Gasteiger partial charge is 0.240 e. The van der Waals surface area contributed by atoms with Gasteiger partial charge in [-0.2, -0.15) is 0 Å². The highest BCUT2D eigenvalue weighted by Gasteiger charge is 2.25. The number of benzene rings is 1. The fourth-order valence-corrected chi connectivity index (χ4v) is 3.46. The zero-order valence-electron chi connectivity index (χ0n) is 11.3. The minimum absolute atomic E-state index is 0.00145. The summed E-state index contributed by atoms with van der Waals surface area (Å²) in [7, 11) is -1.44. The molecule has 1 aliphatic rings. The molecule has 1 atom stereocenters. The summed E-state index contributed by atoms with van der Waals surface area (Å²) in [6, 6.07) is 6.51. The van der Waals surface area contributed by atoms with E-state index in [0.29, 0.717) is 12.4 Å². The van der Waals surface area contributed by atoms with Crippen LogP contribution in [0.1, 0.15) is 13.3 Å². The van der Waals surface area contributed by atoms with Crippen molar-refractivity contribution in [2.75, 3.05) is 26.7 Å². The van der Waals surface area contributed by atoms with Crippen molar-refractivity contribution in [3.8, 4) is 5.75 Å². The van der Waals surface area contributed by atoms with E-state index in [2.05, 4.69) is 9.62 Å². The van der Waals surface area contributed by atoms with Crippen LogP contribution in [0.4, 0.5) is 0 Å². The van der Waals surface area contributed by atoms with Gasteiger partial charge in [-0.1, -0.05) is 0 Å². The predicted octanol–water partition coefficient (Wildman–Crippen LogP) is 1.07. The lowest BCUT2D eigenvalue weighted by molar-refractivity contribution is 0.340. The van der Waals surface area contributed by atoms with Crippen molar-refractivity contribution in [2.24, 2.45) is 0 Å². The first-order valence-electron chi connectivity index (χ1n) is 6.45. The standard InChI is InChI=1S/C13H20N2O3S/c1-3-18-12-4-6-13(7-5-12)19(16,17)14-11-8-9-15(2)10-11/h4-7,11,14H,3,8-10H2,1-2H3. The highest BCUT2D eigenvalue weighted by atomic mass is 32.2. The van der Waals surface area contributed by atoms with Gasteiger partial charge in [0.25, 0.3) is 0 Å². The second-order valence-corrected chi connectivity index (χ2v) is 6.49. The molecule has 2 rings (SSSR count). The number of sulfonamides is 1. The predicted molar refractivity (Wildman–Crippen MR) is 73.8 cm³/mol. The number of hydrogen-bond donors (Lipinski definition) is 1. The number of likely N-dealkylation sites (tertiary alicyclic amines) is 1. The molecule has 0 amide bonds. The molecule has 1 heterocycles. The van der Waals surface area contributed by atoms with Crippen molar-refractivity contribution in [3.05, 3.63) is 24.3 Å². The van der Waals surface area contributed by atoms with Gasteiger partial charge in [-0.05, 0) is 51.2 Å². The summed E-state index contributed by atoms with van der Waals surface area (Å²) in [5.74, 6) is 0.682. The van der Waals surface area contributed by atoms with E-state index in [1.807, 2.05) is 14.0 Å². The third-order valence-electron chi connectivity index (χ3n) is 3.16. The van der Waals surface area contributed by atoms with E-state index in [0.717, 1.165) is 19.5 Å². The Morgan fingerprint density at radius 2 is 2.05 bits per heavy atom. The molecule has 0 saturated carbocycles. The molecule has 1 aromatic rings. The van der Waals surface area contributed by atoms with Crippen LogP contribution in [-0.2, 0) is 10.0 Å². The minimum Gasteiger partial charge on any atom is -0.494 e. The van der Waals surface area contributed by atoms with Crippen molar-refractivity contribution in [1.82, 2.24) is 9.62 Å². The normalized spacial score (nSPS) is 20.6. The first-order chi connectivity index (χ1) is 9.01. The van der Waals surface area contributed by atoms with Crippen molar-refractivity contribution in [1.29, 1.82) is 0 Å². The Balaban J connectivity index is 2.06.